The maximum atomic E-state index is 12.9. The lowest BCUT2D eigenvalue weighted by Crippen LogP contribution is -2.52. The Hall–Kier alpha value is -2.09. The molecule has 0 amide bonds. The molecule has 2 bridgehead atoms. The molecule has 8 heteroatoms. The van der Waals surface area contributed by atoms with Crippen LogP contribution in [0.1, 0.15) is 42.5 Å². The number of ether oxygens (including phenoxy) is 1. The van der Waals surface area contributed by atoms with Gasteiger partial charge in [-0.3, -0.25) is 0 Å². The van der Waals surface area contributed by atoms with Crippen LogP contribution < -0.4 is 0 Å². The summed E-state index contributed by atoms with van der Waals surface area (Å²) in [5.74, 6) is -0.568. The number of pyridine rings is 1. The Balaban J connectivity index is 1.56. The minimum absolute atomic E-state index is 0.141. The molecule has 3 atom stereocenters. The van der Waals surface area contributed by atoms with Crippen molar-refractivity contribution in [1.29, 1.82) is 0 Å². The van der Waals surface area contributed by atoms with Crippen LogP contribution in [0.5, 0.6) is 0 Å². The van der Waals surface area contributed by atoms with Crippen LogP contribution in [0.3, 0.4) is 0 Å². The number of nitrogens with zero attached hydrogens (tertiary/aromatic N) is 3. The van der Waals surface area contributed by atoms with E-state index in [0.29, 0.717) is 17.5 Å². The number of piperidine rings is 2. The van der Waals surface area contributed by atoms with E-state index in [4.69, 9.17) is 4.74 Å². The molecular weight excluding hydrogens is 359 g/mol. The minimum Gasteiger partial charge on any atom is -0.459 e. The molecule has 2 fully saturated rings. The molecule has 0 radical (unpaired) electrons. The van der Waals surface area contributed by atoms with Gasteiger partial charge in [0.2, 0.25) is 0 Å². The van der Waals surface area contributed by atoms with Crippen molar-refractivity contribution in [2.45, 2.75) is 63.0 Å². The highest BCUT2D eigenvalue weighted by Gasteiger charge is 2.38. The second-order valence-electron chi connectivity index (χ2n) is 7.56. The number of carbonyl (C=O) groups is 1. The zero-order valence-corrected chi connectivity index (χ0v) is 15.1. The van der Waals surface area contributed by atoms with Crippen LogP contribution in [-0.2, 0) is 11.3 Å². The SMILES string of the molecule is CN1[C@@H]2CCC[C@H]1C[C@H](OC(=O)c1cn(CC(F)(F)F)c3ncccc13)C2. The monoisotopic (exact) mass is 381 g/mol. The summed E-state index contributed by atoms with van der Waals surface area (Å²) in [6.45, 7) is -1.19. The smallest absolute Gasteiger partial charge is 0.406 e. The third kappa shape index (κ3) is 3.67. The first-order chi connectivity index (χ1) is 12.8. The van der Waals surface area contributed by atoms with E-state index in [1.54, 1.807) is 12.1 Å². The molecule has 2 saturated heterocycles. The number of carbonyl (C=O) groups excluding carboxylic acids is 1. The molecule has 0 spiro atoms. The van der Waals surface area contributed by atoms with Crippen LogP contribution in [0.15, 0.2) is 24.5 Å². The number of aromatic nitrogens is 2. The van der Waals surface area contributed by atoms with E-state index in [1.807, 2.05) is 0 Å². The molecule has 27 heavy (non-hydrogen) atoms. The Kier molecular flexibility index (Phi) is 4.61. The summed E-state index contributed by atoms with van der Waals surface area (Å²) in [7, 11) is 2.11. The molecule has 0 saturated carbocycles. The highest BCUT2D eigenvalue weighted by atomic mass is 19.4. The number of fused-ring (bicyclic) bond motifs is 3. The molecule has 0 aliphatic carbocycles. The quantitative estimate of drug-likeness (QED) is 0.760. The van der Waals surface area contributed by atoms with E-state index in [9.17, 15) is 18.0 Å². The molecule has 5 nitrogen and oxygen atoms in total. The predicted molar refractivity (Wildman–Crippen MR) is 93.4 cm³/mol. The topological polar surface area (TPSA) is 47.4 Å². The average molecular weight is 381 g/mol. The third-order valence-corrected chi connectivity index (χ3v) is 5.77. The van der Waals surface area contributed by atoms with Gasteiger partial charge in [-0.15, -0.1) is 0 Å². The Labute approximate surface area is 155 Å². The second kappa shape index (κ2) is 6.82. The molecule has 2 aromatic heterocycles. The van der Waals surface area contributed by atoms with Gasteiger partial charge in [-0.25, -0.2) is 9.78 Å². The molecule has 0 aromatic carbocycles. The van der Waals surface area contributed by atoms with Crippen LogP contribution in [-0.4, -0.2) is 51.8 Å². The van der Waals surface area contributed by atoms with Gasteiger partial charge in [0, 0.05) is 42.7 Å². The van der Waals surface area contributed by atoms with Gasteiger partial charge in [0.25, 0.3) is 0 Å². The fourth-order valence-corrected chi connectivity index (χ4v) is 4.48. The third-order valence-electron chi connectivity index (χ3n) is 5.77. The fraction of sp³-hybridized carbons (Fsp3) is 0.579. The molecule has 2 aliphatic heterocycles. The Morgan fingerprint density at radius 2 is 2.00 bits per heavy atom. The number of halogens is 3. The van der Waals surface area contributed by atoms with E-state index in [-0.39, 0.29) is 17.3 Å². The predicted octanol–water partition coefficient (Wildman–Crippen LogP) is 3.77. The lowest BCUT2D eigenvalue weighted by Gasteiger charge is -2.46. The summed E-state index contributed by atoms with van der Waals surface area (Å²) in [4.78, 5) is 19.1. The van der Waals surface area contributed by atoms with Gasteiger partial charge in [-0.1, -0.05) is 6.42 Å². The highest BCUT2D eigenvalue weighted by Crippen LogP contribution is 2.34. The van der Waals surface area contributed by atoms with Gasteiger partial charge in [-0.2, -0.15) is 13.2 Å². The summed E-state index contributed by atoms with van der Waals surface area (Å²) in [5.41, 5.74) is 0.286. The van der Waals surface area contributed by atoms with Crippen LogP contribution in [0.4, 0.5) is 13.2 Å². The van der Waals surface area contributed by atoms with Crippen LogP contribution in [0, 0.1) is 0 Å². The average Bonchev–Trinajstić information content (AvgIpc) is 2.93. The van der Waals surface area contributed by atoms with Crippen molar-refractivity contribution < 1.29 is 22.7 Å². The molecule has 2 aromatic rings. The van der Waals surface area contributed by atoms with E-state index < -0.39 is 18.7 Å². The summed E-state index contributed by atoms with van der Waals surface area (Å²) in [6.07, 6.45) is 2.97. The minimum atomic E-state index is -4.39. The summed E-state index contributed by atoms with van der Waals surface area (Å²) in [6, 6.07) is 4.03. The van der Waals surface area contributed by atoms with Gasteiger partial charge in [-0.05, 0) is 32.0 Å². The molecule has 4 rings (SSSR count). The molecular formula is C19H22F3N3O2. The van der Waals surface area contributed by atoms with E-state index >= 15 is 0 Å². The first-order valence-electron chi connectivity index (χ1n) is 9.25. The van der Waals surface area contributed by atoms with Crippen molar-refractivity contribution in [3.63, 3.8) is 0 Å². The molecule has 0 N–H and O–H groups in total. The first-order valence-corrected chi connectivity index (χ1v) is 9.25. The van der Waals surface area contributed by atoms with Crippen LogP contribution >= 0.6 is 0 Å². The van der Waals surface area contributed by atoms with Crippen LogP contribution in [0.2, 0.25) is 0 Å². The zero-order valence-electron chi connectivity index (χ0n) is 15.1. The van der Waals surface area contributed by atoms with Crippen molar-refractivity contribution in [3.8, 4) is 0 Å². The normalized spacial score (nSPS) is 26.3. The van der Waals surface area contributed by atoms with E-state index in [0.717, 1.165) is 30.3 Å². The van der Waals surface area contributed by atoms with Gasteiger partial charge >= 0.3 is 12.1 Å². The van der Waals surface area contributed by atoms with Crippen molar-refractivity contribution in [2.24, 2.45) is 0 Å². The Morgan fingerprint density at radius 3 is 2.67 bits per heavy atom. The Bertz CT molecular complexity index is 834. The van der Waals surface area contributed by atoms with Gasteiger partial charge in [0.15, 0.2) is 0 Å². The highest BCUT2D eigenvalue weighted by molar-refractivity contribution is 6.03. The molecule has 0 unspecified atom stereocenters. The Morgan fingerprint density at radius 1 is 1.30 bits per heavy atom. The summed E-state index contributed by atoms with van der Waals surface area (Å²) in [5, 5.41) is 0.389. The maximum Gasteiger partial charge on any atom is 0.406 e. The number of hydrogen-bond donors (Lipinski definition) is 0. The maximum absolute atomic E-state index is 12.9. The second-order valence-corrected chi connectivity index (χ2v) is 7.56. The molecule has 2 aliphatic rings. The van der Waals surface area contributed by atoms with Crippen molar-refractivity contribution in [1.82, 2.24) is 14.5 Å². The van der Waals surface area contributed by atoms with Crippen molar-refractivity contribution in [2.75, 3.05) is 7.05 Å². The number of rotatable bonds is 3. The van der Waals surface area contributed by atoms with E-state index in [1.165, 1.54) is 18.8 Å². The van der Waals surface area contributed by atoms with Gasteiger partial charge < -0.3 is 14.2 Å². The number of hydrogen-bond acceptors (Lipinski definition) is 4. The lowest BCUT2D eigenvalue weighted by molar-refractivity contribution is -0.140. The van der Waals surface area contributed by atoms with Gasteiger partial charge in [0.1, 0.15) is 18.3 Å². The number of esters is 1. The van der Waals surface area contributed by atoms with E-state index in [2.05, 4.69) is 16.9 Å². The largest absolute Gasteiger partial charge is 0.459 e. The lowest BCUT2D eigenvalue weighted by atomic mass is 9.83. The number of alkyl halides is 3. The molecule has 146 valence electrons. The summed E-state index contributed by atoms with van der Waals surface area (Å²) < 4.78 is 45.2. The molecule has 4 heterocycles. The summed E-state index contributed by atoms with van der Waals surface area (Å²) >= 11 is 0. The standard InChI is InChI=1S/C19H22F3N3O2/c1-24-12-4-2-5-13(24)9-14(8-12)27-18(26)16-10-25(11-19(20,21)22)17-15(16)6-3-7-23-17/h3,6-7,10,12-14H,2,4-5,8-9,11H2,1H3/t12-,13+,14-. The fourth-order valence-electron chi connectivity index (χ4n) is 4.48. The van der Waals surface area contributed by atoms with Crippen LogP contribution in [0.25, 0.3) is 11.0 Å². The zero-order chi connectivity index (χ0) is 19.2. The first kappa shape index (κ1) is 18.3. The van der Waals surface area contributed by atoms with Gasteiger partial charge in [0.05, 0.1) is 5.56 Å². The van der Waals surface area contributed by atoms with Crippen molar-refractivity contribution >= 4 is 17.0 Å². The van der Waals surface area contributed by atoms with Crippen molar-refractivity contribution in [3.05, 3.63) is 30.1 Å².